The normalized spacial score (nSPS) is 17.9. The van der Waals surface area contributed by atoms with E-state index in [1.807, 2.05) is 36.4 Å². The number of fused-ring (bicyclic) bond motifs is 1. The van der Waals surface area contributed by atoms with E-state index in [1.54, 1.807) is 30.5 Å². The Morgan fingerprint density at radius 2 is 1.81 bits per heavy atom. The van der Waals surface area contributed by atoms with Crippen LogP contribution in [0.4, 0.5) is 5.69 Å². The molecule has 0 bridgehead atoms. The molecule has 1 unspecified atom stereocenters. The molecule has 1 atom stereocenters. The molecule has 0 saturated carbocycles. The maximum Gasteiger partial charge on any atom is 0.257 e. The van der Waals surface area contributed by atoms with Gasteiger partial charge in [-0.2, -0.15) is 0 Å². The third-order valence-electron chi connectivity index (χ3n) is 4.30. The first kappa shape index (κ1) is 16.8. The van der Waals surface area contributed by atoms with Crippen LogP contribution in [0.15, 0.2) is 82.4 Å². The standard InChI is InChI=1S/C21H14Cl2N2O/c22-18-4-2-1-3-16(18)21(26)25-15-7-5-13(6-8-15)17-11-14-9-10-24-20(14)12-19(17)23/h1-12,20H,(H,25,26). The van der Waals surface area contributed by atoms with E-state index >= 15 is 0 Å². The third-order valence-corrected chi connectivity index (χ3v) is 4.96. The van der Waals surface area contributed by atoms with Gasteiger partial charge in [-0.1, -0.05) is 47.5 Å². The van der Waals surface area contributed by atoms with Gasteiger partial charge >= 0.3 is 0 Å². The molecule has 2 aromatic carbocycles. The largest absolute Gasteiger partial charge is 0.322 e. The summed E-state index contributed by atoms with van der Waals surface area (Å²) in [5, 5.41) is 3.96. The highest BCUT2D eigenvalue weighted by Crippen LogP contribution is 2.35. The Morgan fingerprint density at radius 3 is 2.58 bits per heavy atom. The number of anilines is 1. The van der Waals surface area contributed by atoms with Gasteiger partial charge in [0.15, 0.2) is 0 Å². The number of carbonyl (C=O) groups excluding carboxylic acids is 1. The summed E-state index contributed by atoms with van der Waals surface area (Å²) in [6.45, 7) is 0. The summed E-state index contributed by atoms with van der Waals surface area (Å²) in [6.07, 6.45) is 7.78. The molecule has 5 heteroatoms. The first-order valence-electron chi connectivity index (χ1n) is 8.11. The highest BCUT2D eigenvalue weighted by molar-refractivity contribution is 6.37. The lowest BCUT2D eigenvalue weighted by molar-refractivity contribution is 0.102. The third kappa shape index (κ3) is 3.24. The smallest absolute Gasteiger partial charge is 0.257 e. The van der Waals surface area contributed by atoms with E-state index in [1.165, 1.54) is 0 Å². The van der Waals surface area contributed by atoms with Crippen LogP contribution >= 0.6 is 23.2 Å². The zero-order chi connectivity index (χ0) is 18.1. The number of amides is 1. The maximum atomic E-state index is 12.3. The summed E-state index contributed by atoms with van der Waals surface area (Å²) in [4.78, 5) is 16.7. The number of carbonyl (C=O) groups is 1. The molecule has 0 fully saturated rings. The van der Waals surface area contributed by atoms with Crippen LogP contribution in [0.1, 0.15) is 15.9 Å². The minimum absolute atomic E-state index is 0.0282. The van der Waals surface area contributed by atoms with E-state index in [9.17, 15) is 4.79 Å². The van der Waals surface area contributed by atoms with E-state index in [0.717, 1.165) is 16.7 Å². The van der Waals surface area contributed by atoms with E-state index in [0.29, 0.717) is 21.3 Å². The van der Waals surface area contributed by atoms with Gasteiger partial charge in [-0.15, -0.1) is 0 Å². The average Bonchev–Trinajstić information content (AvgIpc) is 3.09. The fourth-order valence-corrected chi connectivity index (χ4v) is 3.45. The van der Waals surface area contributed by atoms with Crippen molar-refractivity contribution in [3.63, 3.8) is 0 Å². The van der Waals surface area contributed by atoms with Crippen molar-refractivity contribution in [2.75, 3.05) is 5.32 Å². The number of nitrogens with zero attached hydrogens (tertiary/aromatic N) is 1. The van der Waals surface area contributed by atoms with E-state index in [-0.39, 0.29) is 11.9 Å². The van der Waals surface area contributed by atoms with Gasteiger partial charge in [-0.05, 0) is 53.6 Å². The minimum atomic E-state index is -0.241. The highest BCUT2D eigenvalue weighted by Gasteiger charge is 2.21. The van der Waals surface area contributed by atoms with Gasteiger partial charge in [-0.25, -0.2) is 0 Å². The molecule has 0 saturated heterocycles. The molecule has 2 aliphatic rings. The Morgan fingerprint density at radius 1 is 1.04 bits per heavy atom. The van der Waals surface area contributed by atoms with Crippen molar-refractivity contribution in [3.05, 3.63) is 93.5 Å². The van der Waals surface area contributed by atoms with Gasteiger partial charge in [0, 0.05) is 22.5 Å². The molecule has 4 rings (SSSR count). The van der Waals surface area contributed by atoms with Crippen molar-refractivity contribution in [2.45, 2.75) is 6.04 Å². The summed E-state index contributed by atoms with van der Waals surface area (Å²) >= 11 is 12.5. The summed E-state index contributed by atoms with van der Waals surface area (Å²) < 4.78 is 0. The molecule has 128 valence electrons. The number of hydrogen-bond donors (Lipinski definition) is 1. The van der Waals surface area contributed by atoms with Crippen LogP contribution in [-0.2, 0) is 0 Å². The minimum Gasteiger partial charge on any atom is -0.322 e. The zero-order valence-corrected chi connectivity index (χ0v) is 15.1. The predicted octanol–water partition coefficient (Wildman–Crippen LogP) is 5.49. The number of nitrogens with one attached hydrogen (secondary N) is 1. The molecule has 0 aromatic heterocycles. The molecule has 0 radical (unpaired) electrons. The second kappa shape index (κ2) is 6.94. The maximum absolute atomic E-state index is 12.3. The van der Waals surface area contributed by atoms with Gasteiger partial charge < -0.3 is 5.32 Å². The molecular formula is C21H14Cl2N2O. The molecule has 1 aliphatic heterocycles. The summed E-state index contributed by atoms with van der Waals surface area (Å²) in [7, 11) is 0. The Kier molecular flexibility index (Phi) is 4.49. The monoisotopic (exact) mass is 380 g/mol. The highest BCUT2D eigenvalue weighted by atomic mass is 35.5. The predicted molar refractivity (Wildman–Crippen MR) is 108 cm³/mol. The first-order chi connectivity index (χ1) is 12.6. The quantitative estimate of drug-likeness (QED) is 0.750. The van der Waals surface area contributed by atoms with Crippen molar-refractivity contribution in [3.8, 4) is 0 Å². The van der Waals surface area contributed by atoms with Crippen molar-refractivity contribution in [1.29, 1.82) is 0 Å². The van der Waals surface area contributed by atoms with Crippen molar-refractivity contribution < 1.29 is 4.79 Å². The number of benzene rings is 2. The first-order valence-corrected chi connectivity index (χ1v) is 8.86. The van der Waals surface area contributed by atoms with Crippen LogP contribution in [0.3, 0.4) is 0 Å². The lowest BCUT2D eigenvalue weighted by Gasteiger charge is -2.17. The summed E-state index contributed by atoms with van der Waals surface area (Å²) in [6, 6.07) is 14.5. The number of hydrogen-bond acceptors (Lipinski definition) is 2. The van der Waals surface area contributed by atoms with Crippen LogP contribution in [-0.4, -0.2) is 18.2 Å². The molecule has 26 heavy (non-hydrogen) atoms. The molecule has 1 aliphatic carbocycles. The zero-order valence-electron chi connectivity index (χ0n) is 13.6. The lowest BCUT2D eigenvalue weighted by atomic mass is 9.94. The molecule has 1 amide bonds. The number of rotatable bonds is 3. The van der Waals surface area contributed by atoms with Crippen LogP contribution < -0.4 is 5.32 Å². The Hall–Kier alpha value is -2.62. The van der Waals surface area contributed by atoms with E-state index in [4.69, 9.17) is 23.2 Å². The van der Waals surface area contributed by atoms with Gasteiger partial charge in [0.2, 0.25) is 0 Å². The van der Waals surface area contributed by atoms with Crippen LogP contribution in [0.5, 0.6) is 0 Å². The number of aliphatic imine (C=N–C) groups is 1. The Bertz CT molecular complexity index is 1000. The molecular weight excluding hydrogens is 367 g/mol. The van der Waals surface area contributed by atoms with Crippen LogP contribution in [0.25, 0.3) is 5.57 Å². The topological polar surface area (TPSA) is 41.5 Å². The van der Waals surface area contributed by atoms with Crippen molar-refractivity contribution >= 4 is 46.6 Å². The number of allylic oxidation sites excluding steroid dienone is 3. The second-order valence-electron chi connectivity index (χ2n) is 5.99. The Balaban J connectivity index is 1.54. The molecule has 1 N–H and O–H groups in total. The van der Waals surface area contributed by atoms with Gasteiger partial charge in [0.1, 0.15) is 0 Å². The number of halogens is 2. The lowest BCUT2D eigenvalue weighted by Crippen LogP contribution is -2.12. The summed E-state index contributed by atoms with van der Waals surface area (Å²) in [5.74, 6) is -0.241. The van der Waals surface area contributed by atoms with Crippen LogP contribution in [0.2, 0.25) is 5.02 Å². The van der Waals surface area contributed by atoms with Gasteiger partial charge in [-0.3, -0.25) is 9.79 Å². The van der Waals surface area contributed by atoms with E-state index < -0.39 is 0 Å². The van der Waals surface area contributed by atoms with Gasteiger partial charge in [0.25, 0.3) is 5.91 Å². The van der Waals surface area contributed by atoms with Crippen molar-refractivity contribution in [2.24, 2.45) is 4.99 Å². The summed E-state index contributed by atoms with van der Waals surface area (Å²) in [5.41, 5.74) is 4.19. The molecule has 2 aromatic rings. The SMILES string of the molecule is O=C(Nc1ccc(C2=CC3=CC=NC3C=C2Cl)cc1)c1ccccc1Cl. The van der Waals surface area contributed by atoms with Crippen LogP contribution in [0, 0.1) is 0 Å². The molecule has 1 heterocycles. The molecule has 3 nitrogen and oxygen atoms in total. The van der Waals surface area contributed by atoms with E-state index in [2.05, 4.69) is 16.4 Å². The Labute approximate surface area is 161 Å². The fraction of sp³-hybridized carbons (Fsp3) is 0.0476. The molecule has 0 spiro atoms. The van der Waals surface area contributed by atoms with Crippen molar-refractivity contribution in [1.82, 2.24) is 0 Å². The average molecular weight is 381 g/mol. The fourth-order valence-electron chi connectivity index (χ4n) is 2.94. The van der Waals surface area contributed by atoms with Gasteiger partial charge in [0.05, 0.1) is 16.6 Å². The second-order valence-corrected chi connectivity index (χ2v) is 6.81.